The van der Waals surface area contributed by atoms with Gasteiger partial charge in [0.25, 0.3) is 5.91 Å². The van der Waals surface area contributed by atoms with E-state index in [1.54, 1.807) is 12.1 Å². The Hall–Kier alpha value is -2.38. The van der Waals surface area contributed by atoms with Crippen LogP contribution in [0.4, 0.5) is 13.2 Å². The number of hydrogen-bond donors (Lipinski definition) is 1. The molecular formula is C16H17F3N4O. The molecule has 1 amide bonds. The summed E-state index contributed by atoms with van der Waals surface area (Å²) in [6.07, 6.45) is -0.322. The monoisotopic (exact) mass is 338 g/mol. The van der Waals surface area contributed by atoms with Gasteiger partial charge in [-0.05, 0) is 30.9 Å². The van der Waals surface area contributed by atoms with Crippen molar-refractivity contribution < 1.29 is 18.0 Å². The largest absolute Gasteiger partial charge is 0.406 e. The number of benzene rings is 1. The molecule has 0 aliphatic heterocycles. The molecule has 1 heterocycles. The Kier molecular flexibility index (Phi) is 4.55. The third-order valence-corrected chi connectivity index (χ3v) is 4.16. The molecule has 1 fully saturated rings. The van der Waals surface area contributed by atoms with Crippen LogP contribution in [0.15, 0.2) is 30.6 Å². The molecule has 1 saturated carbocycles. The van der Waals surface area contributed by atoms with Crippen LogP contribution in [0.5, 0.6) is 0 Å². The Bertz CT molecular complexity index is 696. The molecule has 3 rings (SSSR count). The van der Waals surface area contributed by atoms with E-state index >= 15 is 0 Å². The fraction of sp³-hybridized carbons (Fsp3) is 0.438. The summed E-state index contributed by atoms with van der Waals surface area (Å²) < 4.78 is 38.5. The Balaban J connectivity index is 1.82. The standard InChI is InChI=1S/C16H17F3N4O/c17-16(18,19)9-23(8-11-3-1-4-11)15(24)13-6-2-5-12(7-13)14-20-10-21-22-14/h2,5-7,10-11H,1,3-4,8-9H2,(H,20,21,22). The maximum absolute atomic E-state index is 12.8. The van der Waals surface area contributed by atoms with Crippen molar-refractivity contribution in [1.29, 1.82) is 0 Å². The average Bonchev–Trinajstić information content (AvgIpc) is 3.02. The topological polar surface area (TPSA) is 61.9 Å². The summed E-state index contributed by atoms with van der Waals surface area (Å²) in [7, 11) is 0. The van der Waals surface area contributed by atoms with Gasteiger partial charge in [0.1, 0.15) is 12.9 Å². The summed E-state index contributed by atoms with van der Waals surface area (Å²) in [5.41, 5.74) is 0.821. The Labute approximate surface area is 136 Å². The average molecular weight is 338 g/mol. The third kappa shape index (κ3) is 3.93. The van der Waals surface area contributed by atoms with E-state index in [9.17, 15) is 18.0 Å². The molecule has 1 aliphatic carbocycles. The first kappa shape index (κ1) is 16.5. The lowest BCUT2D eigenvalue weighted by atomic mass is 9.85. The first-order chi connectivity index (χ1) is 11.4. The number of carbonyl (C=O) groups is 1. The van der Waals surface area contributed by atoms with Gasteiger partial charge in [-0.3, -0.25) is 9.89 Å². The number of alkyl halides is 3. The van der Waals surface area contributed by atoms with Crippen LogP contribution in [0.1, 0.15) is 29.6 Å². The van der Waals surface area contributed by atoms with Gasteiger partial charge in [0.2, 0.25) is 0 Å². The number of amides is 1. The fourth-order valence-electron chi connectivity index (χ4n) is 2.75. The highest BCUT2D eigenvalue weighted by Gasteiger charge is 2.35. The zero-order chi connectivity index (χ0) is 17.2. The highest BCUT2D eigenvalue weighted by Crippen LogP contribution is 2.29. The SMILES string of the molecule is O=C(c1cccc(-c2ncn[nH]2)c1)N(CC1CCC1)CC(F)(F)F. The fourth-order valence-corrected chi connectivity index (χ4v) is 2.75. The highest BCUT2D eigenvalue weighted by molar-refractivity contribution is 5.95. The predicted molar refractivity (Wildman–Crippen MR) is 81.1 cm³/mol. The Morgan fingerprint density at radius 3 is 2.71 bits per heavy atom. The van der Waals surface area contributed by atoms with Crippen molar-refractivity contribution in [3.05, 3.63) is 36.2 Å². The van der Waals surface area contributed by atoms with E-state index in [2.05, 4.69) is 15.2 Å². The molecule has 24 heavy (non-hydrogen) atoms. The molecule has 1 aromatic carbocycles. The number of aromatic amines is 1. The van der Waals surface area contributed by atoms with Crippen molar-refractivity contribution in [2.45, 2.75) is 25.4 Å². The highest BCUT2D eigenvalue weighted by atomic mass is 19.4. The van der Waals surface area contributed by atoms with Gasteiger partial charge >= 0.3 is 6.18 Å². The van der Waals surface area contributed by atoms with Crippen LogP contribution >= 0.6 is 0 Å². The summed E-state index contributed by atoms with van der Waals surface area (Å²) in [6, 6.07) is 6.40. The van der Waals surface area contributed by atoms with Crippen molar-refractivity contribution in [3.63, 3.8) is 0 Å². The minimum absolute atomic E-state index is 0.144. The minimum atomic E-state index is -4.41. The van der Waals surface area contributed by atoms with E-state index in [0.29, 0.717) is 11.4 Å². The van der Waals surface area contributed by atoms with E-state index in [-0.39, 0.29) is 18.0 Å². The van der Waals surface area contributed by atoms with Crippen molar-refractivity contribution in [2.24, 2.45) is 5.92 Å². The molecule has 0 saturated heterocycles. The molecule has 0 radical (unpaired) electrons. The van der Waals surface area contributed by atoms with E-state index in [0.717, 1.165) is 24.2 Å². The van der Waals surface area contributed by atoms with Gasteiger partial charge in [-0.2, -0.15) is 18.3 Å². The second-order valence-electron chi connectivity index (χ2n) is 6.01. The van der Waals surface area contributed by atoms with Gasteiger partial charge < -0.3 is 4.90 Å². The normalized spacial score (nSPS) is 15.1. The van der Waals surface area contributed by atoms with Crippen molar-refractivity contribution in [2.75, 3.05) is 13.1 Å². The molecule has 1 N–H and O–H groups in total. The molecule has 5 nitrogen and oxygen atoms in total. The molecular weight excluding hydrogens is 321 g/mol. The van der Waals surface area contributed by atoms with Crippen LogP contribution in [0, 0.1) is 5.92 Å². The molecule has 128 valence electrons. The molecule has 1 aromatic heterocycles. The van der Waals surface area contributed by atoms with Crippen molar-refractivity contribution >= 4 is 5.91 Å². The predicted octanol–water partition coefficient (Wildman–Crippen LogP) is 3.28. The van der Waals surface area contributed by atoms with Crippen LogP contribution < -0.4 is 0 Å². The molecule has 8 heteroatoms. The zero-order valence-electron chi connectivity index (χ0n) is 12.9. The van der Waals surface area contributed by atoms with Gasteiger partial charge in [-0.25, -0.2) is 4.98 Å². The molecule has 0 bridgehead atoms. The summed E-state index contributed by atoms with van der Waals surface area (Å²) in [6.45, 7) is -1.08. The van der Waals surface area contributed by atoms with Gasteiger partial charge in [-0.1, -0.05) is 18.6 Å². The zero-order valence-corrected chi connectivity index (χ0v) is 12.9. The number of nitrogens with zero attached hydrogens (tertiary/aromatic N) is 3. The van der Waals surface area contributed by atoms with Crippen molar-refractivity contribution in [3.8, 4) is 11.4 Å². The van der Waals surface area contributed by atoms with E-state index in [4.69, 9.17) is 0 Å². The van der Waals surface area contributed by atoms with Crippen LogP contribution in [0.2, 0.25) is 0 Å². The second-order valence-corrected chi connectivity index (χ2v) is 6.01. The Morgan fingerprint density at radius 2 is 2.12 bits per heavy atom. The number of rotatable bonds is 5. The van der Waals surface area contributed by atoms with Crippen LogP contribution in [0.3, 0.4) is 0 Å². The molecule has 0 atom stereocenters. The lowest BCUT2D eigenvalue weighted by Gasteiger charge is -2.33. The summed E-state index contributed by atoms with van der Waals surface area (Å²) in [4.78, 5) is 17.5. The number of hydrogen-bond acceptors (Lipinski definition) is 3. The summed E-state index contributed by atoms with van der Waals surface area (Å²) in [5, 5.41) is 6.41. The van der Waals surface area contributed by atoms with Gasteiger partial charge in [0.05, 0.1) is 0 Å². The maximum atomic E-state index is 12.8. The number of carbonyl (C=O) groups excluding carboxylic acids is 1. The summed E-state index contributed by atoms with van der Waals surface area (Å²) >= 11 is 0. The van der Waals surface area contributed by atoms with Crippen LogP contribution in [-0.2, 0) is 0 Å². The minimum Gasteiger partial charge on any atom is -0.329 e. The second kappa shape index (κ2) is 6.62. The lowest BCUT2D eigenvalue weighted by Crippen LogP contribution is -2.43. The van der Waals surface area contributed by atoms with Crippen LogP contribution in [0.25, 0.3) is 11.4 Å². The molecule has 2 aromatic rings. The van der Waals surface area contributed by atoms with Crippen molar-refractivity contribution in [1.82, 2.24) is 20.1 Å². The summed E-state index contributed by atoms with van der Waals surface area (Å²) in [5.74, 6) is 0.0142. The number of halogens is 3. The van der Waals surface area contributed by atoms with Crippen LogP contribution in [-0.4, -0.2) is 45.3 Å². The van der Waals surface area contributed by atoms with Gasteiger partial charge in [0.15, 0.2) is 5.82 Å². The first-order valence-electron chi connectivity index (χ1n) is 7.74. The van der Waals surface area contributed by atoms with E-state index in [1.807, 2.05) is 0 Å². The van der Waals surface area contributed by atoms with E-state index in [1.165, 1.54) is 18.5 Å². The van der Waals surface area contributed by atoms with Gasteiger partial charge in [-0.15, -0.1) is 0 Å². The quantitative estimate of drug-likeness (QED) is 0.910. The molecule has 0 unspecified atom stereocenters. The van der Waals surface area contributed by atoms with E-state index < -0.39 is 18.6 Å². The number of H-pyrrole nitrogens is 1. The third-order valence-electron chi connectivity index (χ3n) is 4.16. The number of aromatic nitrogens is 3. The molecule has 0 spiro atoms. The first-order valence-corrected chi connectivity index (χ1v) is 7.74. The van der Waals surface area contributed by atoms with Gasteiger partial charge in [0, 0.05) is 17.7 Å². The lowest BCUT2D eigenvalue weighted by molar-refractivity contribution is -0.142. The number of nitrogens with one attached hydrogen (secondary N) is 1. The maximum Gasteiger partial charge on any atom is 0.406 e. The Morgan fingerprint density at radius 1 is 1.33 bits per heavy atom. The smallest absolute Gasteiger partial charge is 0.329 e. The molecule has 1 aliphatic rings.